The molecule has 0 radical (unpaired) electrons. The van der Waals surface area contributed by atoms with Gasteiger partial charge in [-0.15, -0.1) is 5.10 Å². The van der Waals surface area contributed by atoms with Gasteiger partial charge in [0.05, 0.1) is 40.5 Å². The molecule has 1 N–H and O–H groups in total. The zero-order valence-electron chi connectivity index (χ0n) is 19.8. The van der Waals surface area contributed by atoms with Crippen molar-refractivity contribution in [3.63, 3.8) is 0 Å². The fourth-order valence-corrected chi connectivity index (χ4v) is 4.94. The summed E-state index contributed by atoms with van der Waals surface area (Å²) in [4.78, 5) is 15.7. The van der Waals surface area contributed by atoms with Crippen LogP contribution in [0.5, 0.6) is 0 Å². The molecule has 5 heterocycles. The molecule has 1 saturated heterocycles. The normalized spacial score (nSPS) is 22.8. The van der Waals surface area contributed by atoms with Crippen molar-refractivity contribution in [2.45, 2.75) is 50.7 Å². The Hall–Kier alpha value is -3.27. The summed E-state index contributed by atoms with van der Waals surface area (Å²) in [6.07, 6.45) is 0.777. The number of hydrogen-bond acceptors (Lipinski definition) is 6. The van der Waals surface area contributed by atoms with Gasteiger partial charge in [0.25, 0.3) is 0 Å². The molecule has 1 fully saturated rings. The van der Waals surface area contributed by atoms with E-state index in [4.69, 9.17) is 4.98 Å². The van der Waals surface area contributed by atoms with Crippen LogP contribution < -0.4 is 5.32 Å². The number of alkyl halides is 3. The zero-order valence-corrected chi connectivity index (χ0v) is 19.8. The average Bonchev–Trinajstić information content (AvgIpc) is 3.18. The van der Waals surface area contributed by atoms with Crippen molar-refractivity contribution in [1.29, 1.82) is 0 Å². The highest BCUT2D eigenvalue weighted by molar-refractivity contribution is 5.88. The fourth-order valence-electron chi connectivity index (χ4n) is 4.94. The lowest BCUT2D eigenvalue weighted by molar-refractivity contribution is 0.128. The van der Waals surface area contributed by atoms with Gasteiger partial charge in [0.1, 0.15) is 6.17 Å². The molecule has 0 amide bonds. The standard InChI is InChI=1S/C25H28F3N7.H2/c1-4-16-11-17(19-5-6-21-24(31-19)15(10-23(27)28)9-14(2)30-21)22-12-29-25(33-35(16)22)32-20-7-8-34(3)13-18(20)26;/h4-6,11-12,15,18,20,23H,1,7-10,13H2,2-3H3,(H,32,33);1H/t15?,18-,20+;/m1./s1. The molecule has 3 atom stereocenters. The summed E-state index contributed by atoms with van der Waals surface area (Å²) in [5.74, 6) is -0.0504. The first-order valence-electron chi connectivity index (χ1n) is 11.8. The van der Waals surface area contributed by atoms with Crippen molar-refractivity contribution in [2.75, 3.05) is 25.5 Å². The van der Waals surface area contributed by atoms with Crippen LogP contribution in [-0.2, 0) is 0 Å². The summed E-state index contributed by atoms with van der Waals surface area (Å²) in [5.41, 5.74) is 4.86. The largest absolute Gasteiger partial charge is 0.347 e. The molecule has 3 aromatic rings. The van der Waals surface area contributed by atoms with Gasteiger partial charge >= 0.3 is 0 Å². The molecule has 10 heteroatoms. The van der Waals surface area contributed by atoms with E-state index >= 15 is 0 Å². The molecule has 0 aliphatic carbocycles. The monoisotopic (exact) mass is 485 g/mol. The highest BCUT2D eigenvalue weighted by Gasteiger charge is 2.29. The van der Waals surface area contributed by atoms with Crippen LogP contribution in [0.2, 0.25) is 0 Å². The molecule has 35 heavy (non-hydrogen) atoms. The number of fused-ring (bicyclic) bond motifs is 2. The number of hydrogen-bond donors (Lipinski definition) is 1. The first kappa shape index (κ1) is 23.5. The minimum Gasteiger partial charge on any atom is -0.347 e. The van der Waals surface area contributed by atoms with Crippen LogP contribution in [0.4, 0.5) is 24.8 Å². The van der Waals surface area contributed by atoms with Crippen LogP contribution in [0.3, 0.4) is 0 Å². The van der Waals surface area contributed by atoms with E-state index in [0.29, 0.717) is 47.9 Å². The van der Waals surface area contributed by atoms with Gasteiger partial charge in [0.15, 0.2) is 0 Å². The lowest BCUT2D eigenvalue weighted by atomic mass is 9.91. The maximum atomic E-state index is 14.5. The second-order valence-corrected chi connectivity index (χ2v) is 9.36. The summed E-state index contributed by atoms with van der Waals surface area (Å²) >= 11 is 0. The first-order chi connectivity index (χ1) is 16.8. The van der Waals surface area contributed by atoms with E-state index in [1.807, 2.05) is 37.1 Å². The Morgan fingerprint density at radius 3 is 2.91 bits per heavy atom. The van der Waals surface area contributed by atoms with Crippen LogP contribution >= 0.6 is 0 Å². The zero-order chi connectivity index (χ0) is 24.7. The van der Waals surface area contributed by atoms with Crippen molar-refractivity contribution >= 4 is 28.9 Å². The molecule has 1 unspecified atom stereocenters. The number of nitrogens with one attached hydrogen (secondary N) is 1. The molecule has 0 saturated carbocycles. The third-order valence-corrected chi connectivity index (χ3v) is 6.69. The molecule has 186 valence electrons. The van der Waals surface area contributed by atoms with Crippen LogP contribution in [0.25, 0.3) is 22.9 Å². The predicted octanol–water partition coefficient (Wildman–Crippen LogP) is 5.37. The Morgan fingerprint density at radius 2 is 2.17 bits per heavy atom. The van der Waals surface area contributed by atoms with E-state index in [0.717, 1.165) is 23.5 Å². The molecule has 7 nitrogen and oxygen atoms in total. The lowest BCUT2D eigenvalue weighted by Gasteiger charge is -2.32. The van der Waals surface area contributed by atoms with Gasteiger partial charge in [-0.3, -0.25) is 9.98 Å². The first-order valence-corrected chi connectivity index (χ1v) is 11.8. The second-order valence-electron chi connectivity index (χ2n) is 9.36. The molecule has 0 spiro atoms. The number of aliphatic imine (C=N–C) groups is 1. The summed E-state index contributed by atoms with van der Waals surface area (Å²) in [7, 11) is 1.90. The SMILES string of the molecule is C=Cc1cc(-c2ccc3c(n2)C(CC(F)F)CC(C)=N3)c2cnc(N[C@H]3CCN(C)C[C@H]3F)nn12.[HH]. The maximum absolute atomic E-state index is 14.5. The fraction of sp³-hybridized carbons (Fsp3) is 0.440. The van der Waals surface area contributed by atoms with Gasteiger partial charge < -0.3 is 10.2 Å². The Balaban J connectivity index is 0.00000304. The van der Waals surface area contributed by atoms with Gasteiger partial charge in [0.2, 0.25) is 12.4 Å². The Bertz CT molecular complexity index is 1290. The van der Waals surface area contributed by atoms with Gasteiger partial charge in [0, 0.05) is 38.1 Å². The second kappa shape index (κ2) is 9.41. The Kier molecular flexibility index (Phi) is 6.31. The Morgan fingerprint density at radius 1 is 1.34 bits per heavy atom. The van der Waals surface area contributed by atoms with E-state index in [9.17, 15) is 13.2 Å². The molecule has 2 aliphatic heterocycles. The minimum atomic E-state index is -2.42. The smallest absolute Gasteiger partial charge is 0.241 e. The van der Waals surface area contributed by atoms with Crippen molar-refractivity contribution in [2.24, 2.45) is 4.99 Å². The highest BCUT2D eigenvalue weighted by atomic mass is 19.3. The summed E-state index contributed by atoms with van der Waals surface area (Å²) in [6, 6.07) is 5.20. The molecule has 5 rings (SSSR count). The van der Waals surface area contributed by atoms with Crippen molar-refractivity contribution in [3.05, 3.63) is 42.4 Å². The molecular weight excluding hydrogens is 455 g/mol. The van der Waals surface area contributed by atoms with Crippen molar-refractivity contribution in [3.8, 4) is 11.3 Å². The van der Waals surface area contributed by atoms with Gasteiger partial charge in [-0.05, 0) is 51.1 Å². The molecule has 3 aromatic heterocycles. The Labute approximate surface area is 203 Å². The number of pyridine rings is 1. The summed E-state index contributed by atoms with van der Waals surface area (Å²) < 4.78 is 42.7. The number of anilines is 1. The van der Waals surface area contributed by atoms with E-state index in [-0.39, 0.29) is 19.8 Å². The number of halogens is 3. The number of piperidine rings is 1. The third kappa shape index (κ3) is 4.67. The van der Waals surface area contributed by atoms with Crippen LogP contribution in [0.15, 0.2) is 36.0 Å². The van der Waals surface area contributed by atoms with Gasteiger partial charge in [-0.1, -0.05) is 6.58 Å². The van der Waals surface area contributed by atoms with E-state index in [1.165, 1.54) is 0 Å². The highest BCUT2D eigenvalue weighted by Crippen LogP contribution is 2.39. The molecule has 0 aromatic carbocycles. The minimum absolute atomic E-state index is 0. The number of aromatic nitrogens is 4. The average molecular weight is 486 g/mol. The van der Waals surface area contributed by atoms with Gasteiger partial charge in [-0.25, -0.2) is 22.7 Å². The summed E-state index contributed by atoms with van der Waals surface area (Å²) in [5, 5.41) is 7.72. The van der Waals surface area contributed by atoms with Gasteiger partial charge in [-0.2, -0.15) is 0 Å². The van der Waals surface area contributed by atoms with Crippen molar-refractivity contribution in [1.82, 2.24) is 24.5 Å². The molecule has 2 aliphatic rings. The third-order valence-electron chi connectivity index (χ3n) is 6.69. The predicted molar refractivity (Wildman–Crippen MR) is 134 cm³/mol. The lowest BCUT2D eigenvalue weighted by Crippen LogP contribution is -2.46. The summed E-state index contributed by atoms with van der Waals surface area (Å²) in [6.45, 7) is 6.91. The van der Waals surface area contributed by atoms with E-state index in [1.54, 1.807) is 16.8 Å². The van der Waals surface area contributed by atoms with E-state index in [2.05, 4.69) is 27.0 Å². The maximum Gasteiger partial charge on any atom is 0.241 e. The topological polar surface area (TPSA) is 70.7 Å². The number of rotatable bonds is 6. The van der Waals surface area contributed by atoms with Crippen molar-refractivity contribution < 1.29 is 14.6 Å². The molecule has 0 bridgehead atoms. The van der Waals surface area contributed by atoms with Crippen LogP contribution in [0, 0.1) is 0 Å². The quantitative estimate of drug-likeness (QED) is 0.508. The number of likely N-dealkylation sites (tertiary alicyclic amines) is 1. The number of nitrogens with zero attached hydrogens (tertiary/aromatic N) is 6. The van der Waals surface area contributed by atoms with E-state index < -0.39 is 12.6 Å². The van der Waals surface area contributed by atoms with Crippen LogP contribution in [-0.4, -0.2) is 69.0 Å². The molecular formula is C25H30F3N7. The van der Waals surface area contributed by atoms with Crippen LogP contribution in [0.1, 0.15) is 44.9 Å².